The molecule has 2 aromatic carbocycles. The number of amides is 1. The molecule has 0 bridgehead atoms. The number of hydrogen-bond acceptors (Lipinski definition) is 3. The van der Waals surface area contributed by atoms with Gasteiger partial charge in [-0.05, 0) is 37.1 Å². The maximum absolute atomic E-state index is 12.7. The number of nitrogens with zero attached hydrogens (tertiary/aromatic N) is 1. The molecule has 1 aliphatic rings. The monoisotopic (exact) mass is 297 g/mol. The number of likely N-dealkylation sites (N-methyl/N-ethyl adjacent to an activating group) is 1. The predicted molar refractivity (Wildman–Crippen MR) is 85.4 cm³/mol. The second kappa shape index (κ2) is 5.72. The van der Waals surface area contributed by atoms with Gasteiger partial charge in [-0.3, -0.25) is 4.79 Å². The lowest BCUT2D eigenvalue weighted by Gasteiger charge is -2.34. The fourth-order valence-electron chi connectivity index (χ4n) is 2.81. The second-order valence-corrected chi connectivity index (χ2v) is 5.47. The molecule has 0 radical (unpaired) electrons. The van der Waals surface area contributed by atoms with Gasteiger partial charge in [0, 0.05) is 19.0 Å². The van der Waals surface area contributed by atoms with Gasteiger partial charge in [-0.15, -0.1) is 0 Å². The number of fused-ring (bicyclic) bond motifs is 1. The quantitative estimate of drug-likeness (QED) is 0.947. The van der Waals surface area contributed by atoms with Gasteiger partial charge in [-0.25, -0.2) is 0 Å². The summed E-state index contributed by atoms with van der Waals surface area (Å²) in [5.41, 5.74) is 2.89. The molecule has 3 rings (SSSR count). The molecule has 4 heteroatoms. The zero-order chi connectivity index (χ0) is 15.7. The highest BCUT2D eigenvalue weighted by Gasteiger charge is 2.34. The van der Waals surface area contributed by atoms with Crippen LogP contribution in [0.2, 0.25) is 0 Å². The van der Waals surface area contributed by atoms with Crippen molar-refractivity contribution in [1.82, 2.24) is 0 Å². The van der Waals surface area contributed by atoms with E-state index in [-0.39, 0.29) is 11.7 Å². The second-order valence-electron chi connectivity index (χ2n) is 5.47. The van der Waals surface area contributed by atoms with Crippen molar-refractivity contribution in [1.29, 1.82) is 0 Å². The van der Waals surface area contributed by atoms with Gasteiger partial charge in [0.2, 0.25) is 0 Å². The van der Waals surface area contributed by atoms with E-state index in [1.165, 1.54) is 0 Å². The number of aryl methyl sites for hydroxylation is 1. The van der Waals surface area contributed by atoms with Gasteiger partial charge in [-0.1, -0.05) is 24.3 Å². The Morgan fingerprint density at radius 2 is 2.00 bits per heavy atom. The number of phenolic OH excluding ortho intramolecular Hbond substituents is 1. The normalized spacial score (nSPS) is 17.1. The van der Waals surface area contributed by atoms with Gasteiger partial charge >= 0.3 is 0 Å². The highest BCUT2D eigenvalue weighted by atomic mass is 16.5. The van der Waals surface area contributed by atoms with Crippen LogP contribution in [0, 0.1) is 6.92 Å². The number of carbonyl (C=O) groups is 1. The minimum absolute atomic E-state index is 0.0659. The van der Waals surface area contributed by atoms with Crippen molar-refractivity contribution in [3.05, 3.63) is 53.6 Å². The molecule has 22 heavy (non-hydrogen) atoms. The summed E-state index contributed by atoms with van der Waals surface area (Å²) in [7, 11) is 0. The lowest BCUT2D eigenvalue weighted by atomic mass is 10.0. The summed E-state index contributed by atoms with van der Waals surface area (Å²) in [5.74, 6) is 0.702. The van der Waals surface area contributed by atoms with Crippen molar-refractivity contribution in [2.75, 3.05) is 11.4 Å². The van der Waals surface area contributed by atoms with Crippen LogP contribution in [0.25, 0.3) is 0 Å². The molecule has 0 fully saturated rings. The Bertz CT molecular complexity index is 711. The summed E-state index contributed by atoms with van der Waals surface area (Å²) in [4.78, 5) is 14.3. The van der Waals surface area contributed by atoms with Crippen molar-refractivity contribution in [2.45, 2.75) is 26.4 Å². The molecule has 0 aliphatic carbocycles. The van der Waals surface area contributed by atoms with Crippen LogP contribution in [0.3, 0.4) is 0 Å². The number of aromatic hydroxyl groups is 1. The van der Waals surface area contributed by atoms with Crippen molar-refractivity contribution < 1.29 is 14.6 Å². The highest BCUT2D eigenvalue weighted by molar-refractivity contribution is 6.00. The highest BCUT2D eigenvalue weighted by Crippen LogP contribution is 2.37. The standard InChI is InChI=1S/C18H19NO3/c1-3-19-15-11-14(20)8-9-16(15)22-17(18(19)21)10-13-7-5-4-6-12(13)2/h4-9,11,17,20H,3,10H2,1-2H3. The molecule has 0 saturated heterocycles. The SMILES string of the molecule is CCN1C(=O)C(Cc2ccccc2C)Oc2ccc(O)cc21. The Kier molecular flexibility index (Phi) is 3.75. The van der Waals surface area contributed by atoms with Crippen molar-refractivity contribution >= 4 is 11.6 Å². The van der Waals surface area contributed by atoms with E-state index >= 15 is 0 Å². The first-order valence-electron chi connectivity index (χ1n) is 7.45. The molecule has 1 N–H and O–H groups in total. The molecule has 1 amide bonds. The third kappa shape index (κ3) is 2.52. The van der Waals surface area contributed by atoms with Gasteiger partial charge in [0.1, 0.15) is 11.5 Å². The van der Waals surface area contributed by atoms with Gasteiger partial charge < -0.3 is 14.7 Å². The molecule has 2 aromatic rings. The first kappa shape index (κ1) is 14.4. The zero-order valence-electron chi connectivity index (χ0n) is 12.7. The number of rotatable bonds is 3. The van der Waals surface area contributed by atoms with E-state index in [1.807, 2.05) is 38.1 Å². The Hall–Kier alpha value is -2.49. The van der Waals surface area contributed by atoms with E-state index in [0.717, 1.165) is 11.1 Å². The Balaban J connectivity index is 1.93. The molecular formula is C18H19NO3. The lowest BCUT2D eigenvalue weighted by molar-refractivity contribution is -0.126. The molecule has 0 saturated carbocycles. The average Bonchev–Trinajstić information content (AvgIpc) is 2.51. The molecule has 0 spiro atoms. The molecule has 114 valence electrons. The van der Waals surface area contributed by atoms with Gasteiger partial charge in [-0.2, -0.15) is 0 Å². The Labute approximate surface area is 130 Å². The number of phenols is 1. The summed E-state index contributed by atoms with van der Waals surface area (Å²) in [5, 5.41) is 9.63. The average molecular weight is 297 g/mol. The van der Waals surface area contributed by atoms with E-state index in [0.29, 0.717) is 24.4 Å². The smallest absolute Gasteiger partial charge is 0.268 e. The molecule has 1 aliphatic heterocycles. The number of ether oxygens (including phenoxy) is 1. The maximum atomic E-state index is 12.7. The van der Waals surface area contributed by atoms with Crippen LogP contribution < -0.4 is 9.64 Å². The third-order valence-electron chi connectivity index (χ3n) is 4.03. The first-order valence-corrected chi connectivity index (χ1v) is 7.45. The van der Waals surface area contributed by atoms with Crippen LogP contribution in [0.15, 0.2) is 42.5 Å². The summed E-state index contributed by atoms with van der Waals surface area (Å²) in [6.45, 7) is 4.50. The summed E-state index contributed by atoms with van der Waals surface area (Å²) < 4.78 is 5.89. The molecule has 0 aromatic heterocycles. The van der Waals surface area contributed by atoms with E-state index in [9.17, 15) is 9.90 Å². The van der Waals surface area contributed by atoms with Crippen LogP contribution in [-0.4, -0.2) is 23.7 Å². The topological polar surface area (TPSA) is 49.8 Å². The first-order chi connectivity index (χ1) is 10.6. The van der Waals surface area contributed by atoms with E-state index in [1.54, 1.807) is 23.1 Å². The molecule has 1 unspecified atom stereocenters. The predicted octanol–water partition coefficient (Wildman–Crippen LogP) is 3.06. The largest absolute Gasteiger partial charge is 0.508 e. The Morgan fingerprint density at radius 1 is 1.23 bits per heavy atom. The van der Waals surface area contributed by atoms with Crippen molar-refractivity contribution in [2.24, 2.45) is 0 Å². The number of anilines is 1. The van der Waals surface area contributed by atoms with Gasteiger partial charge in [0.05, 0.1) is 5.69 Å². The van der Waals surface area contributed by atoms with Crippen molar-refractivity contribution in [3.8, 4) is 11.5 Å². The third-order valence-corrected chi connectivity index (χ3v) is 4.03. The minimum Gasteiger partial charge on any atom is -0.508 e. The van der Waals surface area contributed by atoms with Crippen molar-refractivity contribution in [3.63, 3.8) is 0 Å². The number of benzene rings is 2. The summed E-state index contributed by atoms with van der Waals surface area (Å²) in [6, 6.07) is 12.9. The Morgan fingerprint density at radius 3 is 2.73 bits per heavy atom. The molecule has 1 heterocycles. The van der Waals surface area contributed by atoms with E-state index in [2.05, 4.69) is 0 Å². The van der Waals surface area contributed by atoms with Crippen LogP contribution in [-0.2, 0) is 11.2 Å². The number of hydrogen-bond donors (Lipinski definition) is 1. The van der Waals surface area contributed by atoms with Crippen LogP contribution in [0.1, 0.15) is 18.1 Å². The fourth-order valence-corrected chi connectivity index (χ4v) is 2.81. The molecular weight excluding hydrogens is 278 g/mol. The zero-order valence-corrected chi connectivity index (χ0v) is 12.7. The number of carbonyl (C=O) groups excluding carboxylic acids is 1. The van der Waals surface area contributed by atoms with E-state index in [4.69, 9.17) is 4.74 Å². The minimum atomic E-state index is -0.530. The fraction of sp³-hybridized carbons (Fsp3) is 0.278. The lowest BCUT2D eigenvalue weighted by Crippen LogP contribution is -2.46. The summed E-state index contributed by atoms with van der Waals surface area (Å²) >= 11 is 0. The maximum Gasteiger partial charge on any atom is 0.268 e. The molecule has 4 nitrogen and oxygen atoms in total. The van der Waals surface area contributed by atoms with Crippen LogP contribution in [0.4, 0.5) is 5.69 Å². The van der Waals surface area contributed by atoms with Crippen LogP contribution >= 0.6 is 0 Å². The summed E-state index contributed by atoms with van der Waals surface area (Å²) in [6.07, 6.45) is 0.0144. The van der Waals surface area contributed by atoms with E-state index < -0.39 is 6.10 Å². The molecule has 1 atom stereocenters. The van der Waals surface area contributed by atoms with Gasteiger partial charge in [0.15, 0.2) is 6.10 Å². The van der Waals surface area contributed by atoms with Crippen LogP contribution in [0.5, 0.6) is 11.5 Å². The van der Waals surface area contributed by atoms with Gasteiger partial charge in [0.25, 0.3) is 5.91 Å².